The topological polar surface area (TPSA) is 60.5 Å². The summed E-state index contributed by atoms with van der Waals surface area (Å²) in [4.78, 5) is 21.7. The standard InChI is InChI=1S/C23H31N5O/c1-27-13-15-28(16-14-27)21-10-8-20(9-11-21)26-23(29)18-7-12-22(24-17-18)25-19-5-3-2-4-6-19/h7-12,17,19H,2-6,13-16H2,1H3,(H,24,25)(H,26,29). The summed E-state index contributed by atoms with van der Waals surface area (Å²) in [6, 6.07) is 12.4. The van der Waals surface area contributed by atoms with Crippen LogP contribution < -0.4 is 15.5 Å². The van der Waals surface area contributed by atoms with Gasteiger partial charge in [0.1, 0.15) is 5.82 Å². The molecule has 0 bridgehead atoms. The van der Waals surface area contributed by atoms with E-state index in [1.54, 1.807) is 6.20 Å². The van der Waals surface area contributed by atoms with Crippen molar-refractivity contribution in [3.8, 4) is 0 Å². The van der Waals surface area contributed by atoms with Gasteiger partial charge in [-0.15, -0.1) is 0 Å². The lowest BCUT2D eigenvalue weighted by Crippen LogP contribution is -2.44. The van der Waals surface area contributed by atoms with Gasteiger partial charge in [0.05, 0.1) is 5.56 Å². The first-order valence-electron chi connectivity index (χ1n) is 10.7. The van der Waals surface area contributed by atoms with Crippen LogP contribution in [0.3, 0.4) is 0 Å². The van der Waals surface area contributed by atoms with Crippen LogP contribution in [0.5, 0.6) is 0 Å². The highest BCUT2D eigenvalue weighted by molar-refractivity contribution is 6.04. The van der Waals surface area contributed by atoms with E-state index in [9.17, 15) is 4.79 Å². The number of pyridine rings is 1. The first kappa shape index (κ1) is 19.7. The molecule has 1 amide bonds. The lowest BCUT2D eigenvalue weighted by molar-refractivity contribution is 0.102. The molecular weight excluding hydrogens is 362 g/mol. The van der Waals surface area contributed by atoms with Crippen molar-refractivity contribution in [2.45, 2.75) is 38.1 Å². The molecule has 1 saturated heterocycles. The van der Waals surface area contributed by atoms with E-state index in [1.165, 1.54) is 37.8 Å². The molecule has 0 spiro atoms. The van der Waals surface area contributed by atoms with Crippen molar-refractivity contribution in [3.63, 3.8) is 0 Å². The minimum atomic E-state index is -0.130. The van der Waals surface area contributed by atoms with Crippen LogP contribution in [0, 0.1) is 0 Å². The van der Waals surface area contributed by atoms with Gasteiger partial charge in [0.25, 0.3) is 5.91 Å². The summed E-state index contributed by atoms with van der Waals surface area (Å²) >= 11 is 0. The Morgan fingerprint density at radius 1 is 0.966 bits per heavy atom. The number of nitrogens with one attached hydrogen (secondary N) is 2. The van der Waals surface area contributed by atoms with Gasteiger partial charge < -0.3 is 20.4 Å². The Bertz CT molecular complexity index is 791. The van der Waals surface area contributed by atoms with E-state index in [0.717, 1.165) is 37.7 Å². The van der Waals surface area contributed by atoms with Crippen LogP contribution in [0.1, 0.15) is 42.5 Å². The van der Waals surface area contributed by atoms with Gasteiger partial charge in [0, 0.05) is 49.8 Å². The third kappa shape index (κ3) is 5.26. The first-order valence-corrected chi connectivity index (χ1v) is 10.7. The van der Waals surface area contributed by atoms with Gasteiger partial charge >= 0.3 is 0 Å². The molecule has 4 rings (SSSR count). The fourth-order valence-corrected chi connectivity index (χ4v) is 4.09. The van der Waals surface area contributed by atoms with Crippen molar-refractivity contribution >= 4 is 23.1 Å². The van der Waals surface area contributed by atoms with E-state index in [2.05, 4.69) is 44.6 Å². The maximum atomic E-state index is 12.6. The molecule has 6 nitrogen and oxygen atoms in total. The monoisotopic (exact) mass is 393 g/mol. The maximum absolute atomic E-state index is 12.6. The second-order valence-electron chi connectivity index (χ2n) is 8.20. The van der Waals surface area contributed by atoms with E-state index < -0.39 is 0 Å². The predicted octanol–water partition coefficient (Wildman–Crippen LogP) is 3.83. The zero-order valence-electron chi connectivity index (χ0n) is 17.2. The molecule has 0 radical (unpaired) electrons. The number of anilines is 3. The fourth-order valence-electron chi connectivity index (χ4n) is 4.09. The number of carbonyl (C=O) groups excluding carboxylic acids is 1. The molecule has 6 heteroatoms. The van der Waals surface area contributed by atoms with Crippen LogP contribution in [0.15, 0.2) is 42.6 Å². The molecule has 1 aliphatic heterocycles. The minimum Gasteiger partial charge on any atom is -0.369 e. The molecule has 1 saturated carbocycles. The predicted molar refractivity (Wildman–Crippen MR) is 119 cm³/mol. The van der Waals surface area contributed by atoms with E-state index in [0.29, 0.717) is 11.6 Å². The van der Waals surface area contributed by atoms with Gasteiger partial charge in [-0.05, 0) is 56.3 Å². The van der Waals surface area contributed by atoms with Gasteiger partial charge in [-0.25, -0.2) is 4.98 Å². The Balaban J connectivity index is 1.31. The van der Waals surface area contributed by atoms with Crippen LogP contribution >= 0.6 is 0 Å². The highest BCUT2D eigenvalue weighted by Crippen LogP contribution is 2.22. The minimum absolute atomic E-state index is 0.130. The molecule has 29 heavy (non-hydrogen) atoms. The van der Waals surface area contributed by atoms with Crippen molar-refractivity contribution < 1.29 is 4.79 Å². The first-order chi connectivity index (χ1) is 14.2. The second-order valence-corrected chi connectivity index (χ2v) is 8.20. The molecule has 2 heterocycles. The van der Waals surface area contributed by atoms with E-state index in [4.69, 9.17) is 0 Å². The molecule has 2 N–H and O–H groups in total. The van der Waals surface area contributed by atoms with Crippen LogP contribution in [-0.2, 0) is 0 Å². The lowest BCUT2D eigenvalue weighted by Gasteiger charge is -2.34. The van der Waals surface area contributed by atoms with Gasteiger partial charge in [0.2, 0.25) is 0 Å². The number of piperazine rings is 1. The number of amides is 1. The average molecular weight is 394 g/mol. The van der Waals surface area contributed by atoms with Crippen molar-refractivity contribution in [2.24, 2.45) is 0 Å². The summed E-state index contributed by atoms with van der Waals surface area (Å²) in [5.74, 6) is 0.721. The number of nitrogens with zero attached hydrogens (tertiary/aromatic N) is 3. The van der Waals surface area contributed by atoms with Gasteiger partial charge in [-0.2, -0.15) is 0 Å². The molecule has 1 aromatic carbocycles. The van der Waals surface area contributed by atoms with Crippen molar-refractivity contribution in [1.29, 1.82) is 0 Å². The zero-order chi connectivity index (χ0) is 20.1. The lowest BCUT2D eigenvalue weighted by atomic mass is 9.95. The van der Waals surface area contributed by atoms with E-state index in [-0.39, 0.29) is 5.91 Å². The molecular formula is C23H31N5O. The van der Waals surface area contributed by atoms with Gasteiger partial charge in [0.15, 0.2) is 0 Å². The number of hydrogen-bond acceptors (Lipinski definition) is 5. The summed E-state index contributed by atoms with van der Waals surface area (Å²) in [5, 5.41) is 6.46. The normalized spacial score (nSPS) is 18.4. The Kier molecular flexibility index (Phi) is 6.30. The Morgan fingerprint density at radius 3 is 2.34 bits per heavy atom. The van der Waals surface area contributed by atoms with Crippen LogP contribution in [0.2, 0.25) is 0 Å². The van der Waals surface area contributed by atoms with Crippen molar-refractivity contribution in [2.75, 3.05) is 48.8 Å². The summed E-state index contributed by atoms with van der Waals surface area (Å²) < 4.78 is 0. The smallest absolute Gasteiger partial charge is 0.257 e. The molecule has 0 unspecified atom stereocenters. The van der Waals surface area contributed by atoms with Crippen molar-refractivity contribution in [1.82, 2.24) is 9.88 Å². The third-order valence-corrected chi connectivity index (χ3v) is 5.98. The number of benzene rings is 1. The number of likely N-dealkylation sites (N-methyl/N-ethyl adjacent to an activating group) is 1. The average Bonchev–Trinajstić information content (AvgIpc) is 2.76. The van der Waals surface area contributed by atoms with Crippen LogP contribution in [0.25, 0.3) is 0 Å². The Morgan fingerprint density at radius 2 is 1.69 bits per heavy atom. The molecule has 2 aromatic rings. The summed E-state index contributed by atoms with van der Waals surface area (Å²) in [6.07, 6.45) is 7.96. The molecule has 2 fully saturated rings. The largest absolute Gasteiger partial charge is 0.369 e. The molecule has 2 aliphatic rings. The summed E-state index contributed by atoms with van der Waals surface area (Å²) in [6.45, 7) is 4.23. The van der Waals surface area contributed by atoms with E-state index in [1.807, 2.05) is 24.3 Å². The SMILES string of the molecule is CN1CCN(c2ccc(NC(=O)c3ccc(NC4CCCCC4)nc3)cc2)CC1. The van der Waals surface area contributed by atoms with Crippen LogP contribution in [0.4, 0.5) is 17.2 Å². The van der Waals surface area contributed by atoms with Gasteiger partial charge in [-0.3, -0.25) is 4.79 Å². The molecule has 0 atom stereocenters. The van der Waals surface area contributed by atoms with Crippen molar-refractivity contribution in [3.05, 3.63) is 48.2 Å². The number of rotatable bonds is 5. The Hall–Kier alpha value is -2.60. The molecule has 154 valence electrons. The summed E-state index contributed by atoms with van der Waals surface area (Å²) in [5.41, 5.74) is 2.58. The van der Waals surface area contributed by atoms with Gasteiger partial charge in [-0.1, -0.05) is 19.3 Å². The number of carbonyl (C=O) groups is 1. The number of hydrogen-bond donors (Lipinski definition) is 2. The highest BCUT2D eigenvalue weighted by Gasteiger charge is 2.15. The molecule has 1 aliphatic carbocycles. The quantitative estimate of drug-likeness (QED) is 0.808. The maximum Gasteiger partial charge on any atom is 0.257 e. The second kappa shape index (κ2) is 9.27. The Labute approximate surface area is 173 Å². The highest BCUT2D eigenvalue weighted by atomic mass is 16.1. The number of aromatic nitrogens is 1. The third-order valence-electron chi connectivity index (χ3n) is 5.98. The fraction of sp³-hybridized carbons (Fsp3) is 0.478. The van der Waals surface area contributed by atoms with Crippen LogP contribution in [-0.4, -0.2) is 55.1 Å². The zero-order valence-corrected chi connectivity index (χ0v) is 17.2. The summed E-state index contributed by atoms with van der Waals surface area (Å²) in [7, 11) is 2.16. The van der Waals surface area contributed by atoms with E-state index >= 15 is 0 Å². The molecule has 1 aromatic heterocycles.